The zero-order valence-corrected chi connectivity index (χ0v) is 16.0. The number of nitrogens with one attached hydrogen (secondary N) is 2. The van der Waals surface area contributed by atoms with Crippen LogP contribution in [0.3, 0.4) is 0 Å². The van der Waals surface area contributed by atoms with Crippen molar-refractivity contribution >= 4 is 17.4 Å². The van der Waals surface area contributed by atoms with E-state index in [0.29, 0.717) is 6.54 Å². The van der Waals surface area contributed by atoms with Crippen LogP contribution >= 0.6 is 0 Å². The Morgan fingerprint density at radius 1 is 1.08 bits per heavy atom. The predicted octanol–water partition coefficient (Wildman–Crippen LogP) is 3.62. The van der Waals surface area contributed by atoms with Gasteiger partial charge < -0.3 is 20.4 Å². The Hall–Kier alpha value is -2.60. The molecular formula is C20H27FN4O. The van der Waals surface area contributed by atoms with Gasteiger partial charge in [-0.1, -0.05) is 12.1 Å². The third-order valence-electron chi connectivity index (χ3n) is 4.31. The van der Waals surface area contributed by atoms with Gasteiger partial charge in [0, 0.05) is 32.0 Å². The second kappa shape index (κ2) is 8.67. The predicted molar refractivity (Wildman–Crippen MR) is 105 cm³/mol. The van der Waals surface area contributed by atoms with Crippen molar-refractivity contribution in [3.63, 3.8) is 0 Å². The van der Waals surface area contributed by atoms with Gasteiger partial charge in [0.05, 0.1) is 6.04 Å². The van der Waals surface area contributed by atoms with Gasteiger partial charge in [-0.05, 0) is 62.5 Å². The van der Waals surface area contributed by atoms with Crippen molar-refractivity contribution in [2.75, 3.05) is 45.0 Å². The quantitative estimate of drug-likeness (QED) is 0.829. The van der Waals surface area contributed by atoms with Gasteiger partial charge in [-0.15, -0.1) is 0 Å². The first-order valence-corrected chi connectivity index (χ1v) is 8.52. The van der Waals surface area contributed by atoms with Crippen LogP contribution in [0, 0.1) is 12.7 Å². The highest BCUT2D eigenvalue weighted by Gasteiger charge is 2.15. The molecule has 0 bridgehead atoms. The monoisotopic (exact) mass is 358 g/mol. The molecule has 0 aromatic heterocycles. The lowest BCUT2D eigenvalue weighted by Crippen LogP contribution is -2.37. The van der Waals surface area contributed by atoms with Crippen molar-refractivity contribution in [3.8, 4) is 0 Å². The van der Waals surface area contributed by atoms with Crippen LogP contribution in [0.25, 0.3) is 0 Å². The fraction of sp³-hybridized carbons (Fsp3) is 0.350. The number of benzene rings is 2. The van der Waals surface area contributed by atoms with Crippen molar-refractivity contribution in [2.45, 2.75) is 13.0 Å². The maximum absolute atomic E-state index is 13.1. The molecule has 6 heteroatoms. The molecule has 2 N–H and O–H groups in total. The van der Waals surface area contributed by atoms with Crippen molar-refractivity contribution in [2.24, 2.45) is 0 Å². The van der Waals surface area contributed by atoms with E-state index in [1.807, 2.05) is 63.1 Å². The molecule has 2 amide bonds. The summed E-state index contributed by atoms with van der Waals surface area (Å²) in [6.07, 6.45) is 0. The lowest BCUT2D eigenvalue weighted by Gasteiger charge is -2.25. The average molecular weight is 358 g/mol. The summed E-state index contributed by atoms with van der Waals surface area (Å²) in [5, 5.41) is 5.78. The molecule has 0 aliphatic carbocycles. The highest BCUT2D eigenvalue weighted by atomic mass is 19.1. The largest absolute Gasteiger partial charge is 0.378 e. The van der Waals surface area contributed by atoms with E-state index in [-0.39, 0.29) is 17.9 Å². The van der Waals surface area contributed by atoms with Crippen LogP contribution in [0.1, 0.15) is 17.2 Å². The van der Waals surface area contributed by atoms with E-state index in [9.17, 15) is 9.18 Å². The first-order valence-electron chi connectivity index (χ1n) is 8.52. The molecule has 2 aromatic rings. The van der Waals surface area contributed by atoms with Crippen LogP contribution < -0.4 is 15.5 Å². The van der Waals surface area contributed by atoms with Gasteiger partial charge in [0.15, 0.2) is 0 Å². The zero-order chi connectivity index (χ0) is 19.3. The van der Waals surface area contributed by atoms with Crippen molar-refractivity contribution in [1.82, 2.24) is 10.2 Å². The zero-order valence-electron chi connectivity index (χ0n) is 16.0. The number of aryl methyl sites for hydroxylation is 1. The first-order chi connectivity index (χ1) is 12.3. The second-order valence-corrected chi connectivity index (χ2v) is 6.76. The van der Waals surface area contributed by atoms with E-state index in [1.165, 1.54) is 12.1 Å². The van der Waals surface area contributed by atoms with Crippen LogP contribution in [0.2, 0.25) is 0 Å². The molecule has 0 saturated heterocycles. The number of rotatable bonds is 6. The maximum Gasteiger partial charge on any atom is 0.319 e. The number of likely N-dealkylation sites (N-methyl/N-ethyl adjacent to an activating group) is 1. The highest BCUT2D eigenvalue weighted by molar-refractivity contribution is 5.90. The van der Waals surface area contributed by atoms with Crippen LogP contribution in [0.4, 0.5) is 20.6 Å². The number of halogens is 1. The minimum Gasteiger partial charge on any atom is -0.378 e. The van der Waals surface area contributed by atoms with Gasteiger partial charge in [0.2, 0.25) is 0 Å². The summed E-state index contributed by atoms with van der Waals surface area (Å²) < 4.78 is 13.1. The van der Waals surface area contributed by atoms with Gasteiger partial charge >= 0.3 is 6.03 Å². The van der Waals surface area contributed by atoms with E-state index >= 15 is 0 Å². The lowest BCUT2D eigenvalue weighted by molar-refractivity contribution is 0.243. The molecule has 0 aliphatic rings. The molecule has 2 rings (SSSR count). The van der Waals surface area contributed by atoms with Crippen LogP contribution in [-0.4, -0.2) is 45.7 Å². The first kappa shape index (κ1) is 19.7. The van der Waals surface area contributed by atoms with Gasteiger partial charge in [-0.2, -0.15) is 0 Å². The molecule has 140 valence electrons. The standard InChI is InChI=1S/C20H27FN4O/c1-14-12-17(24(2)3)10-11-18(14)23-20(26)22-13-19(25(4)5)15-6-8-16(21)9-7-15/h6-12,19H,13H2,1-5H3,(H2,22,23,26). The minimum absolute atomic E-state index is 0.0430. The summed E-state index contributed by atoms with van der Waals surface area (Å²) >= 11 is 0. The number of hydrogen-bond acceptors (Lipinski definition) is 3. The third-order valence-corrected chi connectivity index (χ3v) is 4.31. The average Bonchev–Trinajstić information content (AvgIpc) is 2.58. The normalized spacial score (nSPS) is 12.0. The Balaban J connectivity index is 1.99. The molecule has 5 nitrogen and oxygen atoms in total. The summed E-state index contributed by atoms with van der Waals surface area (Å²) in [6.45, 7) is 2.38. The lowest BCUT2D eigenvalue weighted by atomic mass is 10.1. The number of anilines is 2. The van der Waals surface area contributed by atoms with Gasteiger partial charge in [-0.25, -0.2) is 9.18 Å². The molecule has 1 unspecified atom stereocenters. The topological polar surface area (TPSA) is 47.6 Å². The number of carbonyl (C=O) groups excluding carboxylic acids is 1. The Morgan fingerprint density at radius 3 is 2.27 bits per heavy atom. The third kappa shape index (κ3) is 5.20. The number of nitrogens with zero attached hydrogens (tertiary/aromatic N) is 2. The van der Waals surface area contributed by atoms with E-state index in [4.69, 9.17) is 0 Å². The highest BCUT2D eigenvalue weighted by Crippen LogP contribution is 2.21. The van der Waals surface area contributed by atoms with Crippen molar-refractivity contribution in [3.05, 3.63) is 59.4 Å². The van der Waals surface area contributed by atoms with Gasteiger partial charge in [0.25, 0.3) is 0 Å². The van der Waals surface area contributed by atoms with E-state index < -0.39 is 0 Å². The molecule has 0 fully saturated rings. The maximum atomic E-state index is 13.1. The molecule has 0 spiro atoms. The molecule has 1 atom stereocenters. The molecule has 26 heavy (non-hydrogen) atoms. The fourth-order valence-corrected chi connectivity index (χ4v) is 2.71. The van der Waals surface area contributed by atoms with Gasteiger partial charge in [-0.3, -0.25) is 0 Å². The van der Waals surface area contributed by atoms with Crippen LogP contribution in [0.15, 0.2) is 42.5 Å². The molecule has 0 heterocycles. The SMILES string of the molecule is Cc1cc(N(C)C)ccc1NC(=O)NCC(c1ccc(F)cc1)N(C)C. The summed E-state index contributed by atoms with van der Waals surface area (Å²) in [4.78, 5) is 16.3. The number of amides is 2. The van der Waals surface area contributed by atoms with Gasteiger partial charge in [0.1, 0.15) is 5.82 Å². The van der Waals surface area contributed by atoms with Crippen LogP contribution in [0.5, 0.6) is 0 Å². The Bertz CT molecular complexity index is 744. The molecule has 2 aromatic carbocycles. The Morgan fingerprint density at radius 2 is 1.73 bits per heavy atom. The second-order valence-electron chi connectivity index (χ2n) is 6.76. The summed E-state index contributed by atoms with van der Waals surface area (Å²) in [7, 11) is 7.81. The van der Waals surface area contributed by atoms with E-state index in [2.05, 4.69) is 10.6 Å². The van der Waals surface area contributed by atoms with E-state index in [1.54, 1.807) is 12.1 Å². The molecule has 0 saturated carbocycles. The van der Waals surface area contributed by atoms with Crippen LogP contribution in [-0.2, 0) is 0 Å². The number of carbonyl (C=O) groups is 1. The molecule has 0 aliphatic heterocycles. The summed E-state index contributed by atoms with van der Waals surface area (Å²) in [5.74, 6) is -0.270. The molecular weight excluding hydrogens is 331 g/mol. The van der Waals surface area contributed by atoms with E-state index in [0.717, 1.165) is 22.5 Å². The fourth-order valence-electron chi connectivity index (χ4n) is 2.71. The number of urea groups is 1. The smallest absolute Gasteiger partial charge is 0.319 e. The number of hydrogen-bond donors (Lipinski definition) is 2. The Labute approximate surface area is 154 Å². The Kier molecular flexibility index (Phi) is 6.58. The minimum atomic E-state index is -0.270. The molecule has 0 radical (unpaired) electrons. The summed E-state index contributed by atoms with van der Waals surface area (Å²) in [6, 6.07) is 11.9. The summed E-state index contributed by atoms with van der Waals surface area (Å²) in [5.41, 5.74) is 3.80. The van der Waals surface area contributed by atoms with Crippen molar-refractivity contribution in [1.29, 1.82) is 0 Å². The van der Waals surface area contributed by atoms with Crippen molar-refractivity contribution < 1.29 is 9.18 Å².